The molecule has 4 heteroatoms. The van der Waals surface area contributed by atoms with Crippen LogP contribution in [0.15, 0.2) is 72.8 Å². The van der Waals surface area contributed by atoms with E-state index < -0.39 is 0 Å². The molecule has 4 nitrogen and oxygen atoms in total. The topological polar surface area (TPSA) is 57.8 Å². The highest BCUT2D eigenvalue weighted by Crippen LogP contribution is 2.22. The van der Waals surface area contributed by atoms with Crippen LogP contribution in [0.3, 0.4) is 0 Å². The number of carbonyl (C=O) groups excluding carboxylic acids is 1. The highest BCUT2D eigenvalue weighted by Gasteiger charge is 2.07. The number of aromatic nitrogens is 2. The fourth-order valence-corrected chi connectivity index (χ4v) is 3.04. The predicted octanol–water partition coefficient (Wildman–Crippen LogP) is 5.11. The molecule has 1 amide bonds. The molecule has 1 aromatic heterocycles. The van der Waals surface area contributed by atoms with Gasteiger partial charge in [0.15, 0.2) is 0 Å². The molecule has 0 bridgehead atoms. The maximum atomic E-state index is 12.2. The van der Waals surface area contributed by atoms with Gasteiger partial charge in [0, 0.05) is 17.7 Å². The van der Waals surface area contributed by atoms with Gasteiger partial charge in [0.2, 0.25) is 5.91 Å². The van der Waals surface area contributed by atoms with E-state index in [1.165, 1.54) is 11.1 Å². The molecule has 1 heterocycles. The summed E-state index contributed by atoms with van der Waals surface area (Å²) in [4.78, 5) is 20.1. The zero-order chi connectivity index (χ0) is 18.6. The molecule has 0 atom stereocenters. The van der Waals surface area contributed by atoms with Crippen LogP contribution in [0, 0.1) is 6.92 Å². The number of anilines is 1. The first-order valence-electron chi connectivity index (χ1n) is 9.08. The Morgan fingerprint density at radius 1 is 0.963 bits per heavy atom. The molecule has 0 unspecified atom stereocenters. The number of carbonyl (C=O) groups is 1. The smallest absolute Gasteiger partial charge is 0.224 e. The fraction of sp³-hybridized carbons (Fsp3) is 0.130. The number of nitrogens with one attached hydrogen (secondary N) is 2. The Labute approximate surface area is 158 Å². The Hall–Kier alpha value is -3.40. The standard InChI is InChI=1S/C23H21N3O/c1-16-6-8-17(9-7-16)10-15-22(27)24-19-13-11-18(12-14-19)23-25-20-4-2-3-5-21(20)26-23/h2-9,11-14H,10,15H2,1H3,(H,24,27)(H,25,26). The summed E-state index contributed by atoms with van der Waals surface area (Å²) in [5, 5.41) is 2.96. The van der Waals surface area contributed by atoms with Crippen molar-refractivity contribution in [2.24, 2.45) is 0 Å². The second-order valence-electron chi connectivity index (χ2n) is 6.71. The maximum Gasteiger partial charge on any atom is 0.224 e. The number of hydrogen-bond donors (Lipinski definition) is 2. The van der Waals surface area contributed by atoms with Crippen LogP contribution < -0.4 is 5.32 Å². The molecule has 0 saturated heterocycles. The lowest BCUT2D eigenvalue weighted by Gasteiger charge is -2.06. The molecular weight excluding hydrogens is 334 g/mol. The van der Waals surface area contributed by atoms with Crippen molar-refractivity contribution in [3.63, 3.8) is 0 Å². The molecule has 0 fully saturated rings. The van der Waals surface area contributed by atoms with Crippen LogP contribution in [-0.4, -0.2) is 15.9 Å². The molecule has 27 heavy (non-hydrogen) atoms. The molecule has 0 aliphatic rings. The number of H-pyrrole nitrogens is 1. The predicted molar refractivity (Wildman–Crippen MR) is 110 cm³/mol. The van der Waals surface area contributed by atoms with Crippen LogP contribution in [-0.2, 0) is 11.2 Å². The van der Waals surface area contributed by atoms with Crippen LogP contribution in [0.2, 0.25) is 0 Å². The normalized spacial score (nSPS) is 10.9. The molecule has 4 rings (SSSR count). The van der Waals surface area contributed by atoms with E-state index in [9.17, 15) is 4.79 Å². The van der Waals surface area contributed by atoms with E-state index in [2.05, 4.69) is 46.5 Å². The quantitative estimate of drug-likeness (QED) is 0.523. The van der Waals surface area contributed by atoms with Gasteiger partial charge in [-0.05, 0) is 55.3 Å². The lowest BCUT2D eigenvalue weighted by Crippen LogP contribution is -2.12. The minimum absolute atomic E-state index is 0.0204. The van der Waals surface area contributed by atoms with Gasteiger partial charge in [0.25, 0.3) is 0 Å². The van der Waals surface area contributed by atoms with Crippen molar-refractivity contribution in [3.05, 3.63) is 83.9 Å². The number of para-hydroxylation sites is 2. The third-order valence-electron chi connectivity index (χ3n) is 4.59. The number of amides is 1. The van der Waals surface area contributed by atoms with Gasteiger partial charge < -0.3 is 10.3 Å². The Morgan fingerprint density at radius 2 is 1.70 bits per heavy atom. The number of nitrogens with zero attached hydrogens (tertiary/aromatic N) is 1. The largest absolute Gasteiger partial charge is 0.338 e. The highest BCUT2D eigenvalue weighted by atomic mass is 16.1. The second kappa shape index (κ2) is 7.46. The average molecular weight is 355 g/mol. The molecule has 0 aliphatic heterocycles. The first-order chi connectivity index (χ1) is 13.2. The minimum atomic E-state index is 0.0204. The molecule has 0 radical (unpaired) electrons. The lowest BCUT2D eigenvalue weighted by atomic mass is 10.1. The van der Waals surface area contributed by atoms with E-state index in [-0.39, 0.29) is 5.91 Å². The summed E-state index contributed by atoms with van der Waals surface area (Å²) in [7, 11) is 0. The number of benzene rings is 3. The van der Waals surface area contributed by atoms with E-state index in [1.807, 2.05) is 48.5 Å². The third-order valence-corrected chi connectivity index (χ3v) is 4.59. The van der Waals surface area contributed by atoms with Gasteiger partial charge in [-0.25, -0.2) is 4.98 Å². The molecule has 0 aliphatic carbocycles. The van der Waals surface area contributed by atoms with Crippen molar-refractivity contribution in [1.29, 1.82) is 0 Å². The van der Waals surface area contributed by atoms with Crippen LogP contribution in [0.5, 0.6) is 0 Å². The SMILES string of the molecule is Cc1ccc(CCC(=O)Nc2ccc(-c3nc4ccccc4[nH]3)cc2)cc1. The van der Waals surface area contributed by atoms with Crippen LogP contribution in [0.25, 0.3) is 22.4 Å². The van der Waals surface area contributed by atoms with Crippen LogP contribution >= 0.6 is 0 Å². The maximum absolute atomic E-state index is 12.2. The van der Waals surface area contributed by atoms with E-state index in [4.69, 9.17) is 0 Å². The Morgan fingerprint density at radius 3 is 2.44 bits per heavy atom. The van der Waals surface area contributed by atoms with E-state index >= 15 is 0 Å². The summed E-state index contributed by atoms with van der Waals surface area (Å²) in [6.45, 7) is 2.06. The number of rotatable bonds is 5. The molecule has 4 aromatic rings. The third kappa shape index (κ3) is 4.06. The number of hydrogen-bond acceptors (Lipinski definition) is 2. The monoisotopic (exact) mass is 355 g/mol. The first kappa shape index (κ1) is 17.0. The highest BCUT2D eigenvalue weighted by molar-refractivity contribution is 5.91. The van der Waals surface area contributed by atoms with Gasteiger partial charge in [-0.1, -0.05) is 42.0 Å². The van der Waals surface area contributed by atoms with Gasteiger partial charge in [0.05, 0.1) is 11.0 Å². The van der Waals surface area contributed by atoms with Gasteiger partial charge in [-0.15, -0.1) is 0 Å². The fourth-order valence-electron chi connectivity index (χ4n) is 3.04. The van der Waals surface area contributed by atoms with E-state index in [1.54, 1.807) is 0 Å². The zero-order valence-corrected chi connectivity index (χ0v) is 15.2. The molecule has 0 spiro atoms. The van der Waals surface area contributed by atoms with Crippen molar-refractivity contribution >= 4 is 22.6 Å². The molecular formula is C23H21N3O. The first-order valence-corrected chi connectivity index (χ1v) is 9.08. The van der Waals surface area contributed by atoms with Crippen LogP contribution in [0.1, 0.15) is 17.5 Å². The Bertz CT molecular complexity index is 1030. The zero-order valence-electron chi connectivity index (χ0n) is 15.2. The van der Waals surface area contributed by atoms with Gasteiger partial charge >= 0.3 is 0 Å². The summed E-state index contributed by atoms with van der Waals surface area (Å²) in [6, 6.07) is 24.0. The number of imidazole rings is 1. The van der Waals surface area contributed by atoms with Gasteiger partial charge in [0.1, 0.15) is 5.82 Å². The minimum Gasteiger partial charge on any atom is -0.338 e. The summed E-state index contributed by atoms with van der Waals surface area (Å²) in [5.41, 5.74) is 6.15. The number of aromatic amines is 1. The summed E-state index contributed by atoms with van der Waals surface area (Å²) >= 11 is 0. The lowest BCUT2D eigenvalue weighted by molar-refractivity contribution is -0.116. The molecule has 0 saturated carbocycles. The van der Waals surface area contributed by atoms with E-state index in [0.29, 0.717) is 6.42 Å². The van der Waals surface area contributed by atoms with Crippen molar-refractivity contribution in [2.45, 2.75) is 19.8 Å². The Balaban J connectivity index is 1.38. The van der Waals surface area contributed by atoms with Gasteiger partial charge in [-0.3, -0.25) is 4.79 Å². The summed E-state index contributed by atoms with van der Waals surface area (Å²) < 4.78 is 0. The molecule has 134 valence electrons. The molecule has 3 aromatic carbocycles. The van der Waals surface area contributed by atoms with Crippen molar-refractivity contribution in [1.82, 2.24) is 9.97 Å². The summed E-state index contributed by atoms with van der Waals surface area (Å²) in [5.74, 6) is 0.848. The van der Waals surface area contributed by atoms with E-state index in [0.717, 1.165) is 34.5 Å². The van der Waals surface area contributed by atoms with Crippen LogP contribution in [0.4, 0.5) is 5.69 Å². The average Bonchev–Trinajstić information content (AvgIpc) is 3.12. The second-order valence-corrected chi connectivity index (χ2v) is 6.71. The van der Waals surface area contributed by atoms with Crippen molar-refractivity contribution in [3.8, 4) is 11.4 Å². The summed E-state index contributed by atoms with van der Waals surface area (Å²) in [6.07, 6.45) is 1.21. The number of fused-ring (bicyclic) bond motifs is 1. The van der Waals surface area contributed by atoms with Crippen molar-refractivity contribution < 1.29 is 4.79 Å². The van der Waals surface area contributed by atoms with Crippen molar-refractivity contribution in [2.75, 3.05) is 5.32 Å². The molecule has 2 N–H and O–H groups in total. The van der Waals surface area contributed by atoms with Gasteiger partial charge in [-0.2, -0.15) is 0 Å². The number of aryl methyl sites for hydroxylation is 2. The Kier molecular flexibility index (Phi) is 4.71.